The molecule has 2 aliphatic carbocycles. The van der Waals surface area contributed by atoms with Crippen LogP contribution in [0.4, 0.5) is 13.2 Å². The first-order chi connectivity index (χ1) is 19.8. The highest BCUT2D eigenvalue weighted by atomic mass is 19.2. The molecular weight excluding hydrogens is 525 g/mol. The predicted octanol–water partition coefficient (Wildman–Crippen LogP) is 6.53. The normalized spacial score (nSPS) is 19.9. The molecule has 0 spiro atoms. The number of amides is 1. The molecule has 1 heterocycles. The van der Waals surface area contributed by atoms with Gasteiger partial charge in [0.15, 0.2) is 17.4 Å². The summed E-state index contributed by atoms with van der Waals surface area (Å²) in [5, 5.41) is 3.49. The van der Waals surface area contributed by atoms with Crippen LogP contribution in [0.1, 0.15) is 47.1 Å². The maximum Gasteiger partial charge on any atom is 0.250 e. The van der Waals surface area contributed by atoms with E-state index in [2.05, 4.69) is 42.3 Å². The molecule has 1 amide bonds. The van der Waals surface area contributed by atoms with Crippen molar-refractivity contribution in [2.75, 3.05) is 19.7 Å². The summed E-state index contributed by atoms with van der Waals surface area (Å²) in [5.41, 5.74) is 7.73. The zero-order chi connectivity index (χ0) is 28.7. The van der Waals surface area contributed by atoms with Crippen LogP contribution >= 0.6 is 0 Å². The fraction of sp³-hybridized carbons (Fsp3) is 0.382. The predicted molar refractivity (Wildman–Crippen MR) is 153 cm³/mol. The molecule has 2 atom stereocenters. The number of carbonyl (C=O) groups excluding carboxylic acids is 1. The number of ether oxygens (including phenoxy) is 1. The number of carbonyl (C=O) groups is 1. The van der Waals surface area contributed by atoms with Gasteiger partial charge in [-0.2, -0.15) is 4.39 Å². The number of nitrogens with zero attached hydrogens (tertiary/aromatic N) is 1. The van der Waals surface area contributed by atoms with Gasteiger partial charge in [0.25, 0.3) is 5.91 Å². The second-order valence-electron chi connectivity index (χ2n) is 11.6. The lowest BCUT2D eigenvalue weighted by Gasteiger charge is -2.27. The minimum Gasteiger partial charge on any atom is -0.487 e. The van der Waals surface area contributed by atoms with Gasteiger partial charge >= 0.3 is 0 Å². The molecule has 1 saturated carbocycles. The number of rotatable bonds is 9. The molecule has 41 heavy (non-hydrogen) atoms. The van der Waals surface area contributed by atoms with Gasteiger partial charge in [0.05, 0.1) is 6.61 Å². The molecule has 214 valence electrons. The number of hydrogen-bond acceptors (Lipinski definition) is 3. The fourth-order valence-electron chi connectivity index (χ4n) is 6.30. The third-order valence-electron chi connectivity index (χ3n) is 8.98. The molecule has 0 unspecified atom stereocenters. The van der Waals surface area contributed by atoms with Crippen LogP contribution in [0.5, 0.6) is 5.75 Å². The summed E-state index contributed by atoms with van der Waals surface area (Å²) in [6.45, 7) is 6.61. The Balaban J connectivity index is 1.22. The molecule has 0 bridgehead atoms. The zero-order valence-electron chi connectivity index (χ0n) is 23.5. The summed E-state index contributed by atoms with van der Waals surface area (Å²) < 4.78 is 46.5. The van der Waals surface area contributed by atoms with Gasteiger partial charge in [-0.15, -0.1) is 0 Å². The highest BCUT2D eigenvalue weighted by Crippen LogP contribution is 2.46. The lowest BCUT2D eigenvalue weighted by atomic mass is 9.93. The van der Waals surface area contributed by atoms with Gasteiger partial charge in [-0.1, -0.05) is 42.5 Å². The molecule has 2 fully saturated rings. The van der Waals surface area contributed by atoms with E-state index in [1.807, 2.05) is 24.3 Å². The Hall–Kier alpha value is -3.58. The molecular formula is C34H35F3N2O2. The van der Waals surface area contributed by atoms with E-state index in [0.717, 1.165) is 66.8 Å². The van der Waals surface area contributed by atoms with Crippen molar-refractivity contribution in [1.29, 1.82) is 0 Å². The van der Waals surface area contributed by atoms with Crippen molar-refractivity contribution in [3.05, 3.63) is 105 Å². The summed E-state index contributed by atoms with van der Waals surface area (Å²) in [4.78, 5) is 16.4. The Labute approximate surface area is 239 Å². The number of nitrogens with one attached hydrogen (secondary N) is 1. The minimum atomic E-state index is -1.32. The van der Waals surface area contributed by atoms with Crippen molar-refractivity contribution in [1.82, 2.24) is 10.2 Å². The van der Waals surface area contributed by atoms with Gasteiger partial charge in [0.1, 0.15) is 0 Å². The van der Waals surface area contributed by atoms with Crippen molar-refractivity contribution >= 4 is 11.5 Å². The van der Waals surface area contributed by atoms with Gasteiger partial charge < -0.3 is 15.0 Å². The lowest BCUT2D eigenvalue weighted by molar-refractivity contribution is -0.128. The van der Waals surface area contributed by atoms with Crippen molar-refractivity contribution in [3.8, 4) is 5.75 Å². The van der Waals surface area contributed by atoms with Gasteiger partial charge in [-0.3, -0.25) is 4.79 Å². The Kier molecular flexibility index (Phi) is 7.64. The maximum atomic E-state index is 14.3. The molecule has 1 N–H and O–H groups in total. The Morgan fingerprint density at radius 3 is 2.49 bits per heavy atom. The number of hydrogen-bond donors (Lipinski definition) is 1. The van der Waals surface area contributed by atoms with E-state index < -0.39 is 23.2 Å². The third-order valence-corrected chi connectivity index (χ3v) is 8.98. The molecule has 7 heteroatoms. The lowest BCUT2D eigenvalue weighted by Crippen LogP contribution is -2.36. The van der Waals surface area contributed by atoms with Crippen LogP contribution in [-0.4, -0.2) is 36.5 Å². The fourth-order valence-corrected chi connectivity index (χ4v) is 6.30. The molecule has 6 rings (SSSR count). The van der Waals surface area contributed by atoms with E-state index in [1.54, 1.807) is 0 Å². The van der Waals surface area contributed by atoms with Crippen molar-refractivity contribution in [2.45, 2.75) is 52.1 Å². The Morgan fingerprint density at radius 2 is 1.73 bits per heavy atom. The van der Waals surface area contributed by atoms with Crippen LogP contribution in [0.25, 0.3) is 5.57 Å². The van der Waals surface area contributed by atoms with E-state index in [0.29, 0.717) is 24.9 Å². The Bertz CT molecular complexity index is 1500. The van der Waals surface area contributed by atoms with E-state index in [-0.39, 0.29) is 18.4 Å². The van der Waals surface area contributed by atoms with Crippen molar-refractivity contribution in [3.63, 3.8) is 0 Å². The van der Waals surface area contributed by atoms with Gasteiger partial charge in [0.2, 0.25) is 5.82 Å². The number of benzene rings is 3. The highest BCUT2D eigenvalue weighted by molar-refractivity contribution is 6.03. The van der Waals surface area contributed by atoms with Gasteiger partial charge in [-0.25, -0.2) is 8.78 Å². The molecule has 3 aromatic carbocycles. The summed E-state index contributed by atoms with van der Waals surface area (Å²) >= 11 is 0. The van der Waals surface area contributed by atoms with Gasteiger partial charge in [0, 0.05) is 37.0 Å². The zero-order valence-corrected chi connectivity index (χ0v) is 23.5. The number of fused-ring (bicyclic) bond motifs is 1. The number of allylic oxidation sites excluding steroid dienone is 1. The molecule has 4 nitrogen and oxygen atoms in total. The largest absolute Gasteiger partial charge is 0.487 e. The second-order valence-corrected chi connectivity index (χ2v) is 11.6. The van der Waals surface area contributed by atoms with Crippen LogP contribution in [0, 0.1) is 43.1 Å². The maximum absolute atomic E-state index is 14.3. The summed E-state index contributed by atoms with van der Waals surface area (Å²) in [7, 11) is 0. The highest BCUT2D eigenvalue weighted by Gasteiger charge is 2.44. The molecule has 0 radical (unpaired) electrons. The average molecular weight is 561 g/mol. The quantitative estimate of drug-likeness (QED) is 0.303. The molecule has 3 aliphatic rings. The smallest absolute Gasteiger partial charge is 0.250 e. The number of aryl methyl sites for hydroxylation is 1. The van der Waals surface area contributed by atoms with Crippen molar-refractivity contribution in [2.24, 2.45) is 11.8 Å². The monoisotopic (exact) mass is 560 g/mol. The van der Waals surface area contributed by atoms with E-state index in [1.165, 1.54) is 16.7 Å². The SMILES string of the molecule is Cc1cccc(CN(C(=O)C2=C(c3ccc(CCOc4c(F)ccc(F)c4F)cc3)C[C@H]3CNC[C@@H]23)C2CC2)c1C. The first-order valence-electron chi connectivity index (χ1n) is 14.5. The van der Waals surface area contributed by atoms with Crippen molar-refractivity contribution < 1.29 is 22.7 Å². The van der Waals surface area contributed by atoms with E-state index in [4.69, 9.17) is 4.74 Å². The van der Waals surface area contributed by atoms with Gasteiger partial charge in [-0.05, 0) is 91.1 Å². The average Bonchev–Trinajstić information content (AvgIpc) is 3.60. The van der Waals surface area contributed by atoms with Crippen LogP contribution in [0.15, 0.2) is 60.2 Å². The topological polar surface area (TPSA) is 41.6 Å². The molecule has 0 aromatic heterocycles. The van der Waals surface area contributed by atoms with Crippen LogP contribution in [-0.2, 0) is 17.8 Å². The summed E-state index contributed by atoms with van der Waals surface area (Å²) in [5.74, 6) is -3.30. The molecule has 1 saturated heterocycles. The summed E-state index contributed by atoms with van der Waals surface area (Å²) in [6, 6.07) is 16.2. The first kappa shape index (κ1) is 27.6. The number of halogens is 3. The van der Waals surface area contributed by atoms with Crippen LogP contribution < -0.4 is 10.1 Å². The first-order valence-corrected chi connectivity index (χ1v) is 14.5. The van der Waals surface area contributed by atoms with Crippen LogP contribution in [0.2, 0.25) is 0 Å². The van der Waals surface area contributed by atoms with E-state index >= 15 is 0 Å². The third kappa shape index (κ3) is 5.52. The van der Waals surface area contributed by atoms with Crippen LogP contribution in [0.3, 0.4) is 0 Å². The standard InChI is InChI=1S/C34H35F3N2O2/c1-20-4-3-5-24(21(20)2)19-39(26-10-11-26)34(40)31-27(16-25-17-38-18-28(25)31)23-8-6-22(7-9-23)14-15-41-33-30(36)13-12-29(35)32(33)37/h3-9,12-13,25-26,28,38H,10-11,14-19H2,1-2H3/t25-,28+/m0/s1. The second kappa shape index (κ2) is 11.4. The minimum absolute atomic E-state index is 0.00755. The Morgan fingerprint density at radius 1 is 0.976 bits per heavy atom. The summed E-state index contributed by atoms with van der Waals surface area (Å²) in [6.07, 6.45) is 3.36. The van der Waals surface area contributed by atoms with E-state index in [9.17, 15) is 18.0 Å². The molecule has 1 aliphatic heterocycles. The molecule has 3 aromatic rings.